The minimum Gasteiger partial charge on any atom is -0.377 e. The molecule has 0 atom stereocenters. The van der Waals surface area contributed by atoms with Gasteiger partial charge in [0, 0.05) is 12.0 Å². The van der Waals surface area contributed by atoms with Crippen LogP contribution in [0.25, 0.3) is 0 Å². The first-order valence-electron chi connectivity index (χ1n) is 7.13. The second kappa shape index (κ2) is 7.41. The average Bonchev–Trinajstić information content (AvgIpc) is 2.49. The zero-order valence-corrected chi connectivity index (χ0v) is 11.4. The van der Waals surface area contributed by atoms with Crippen molar-refractivity contribution in [2.75, 3.05) is 19.7 Å². The number of aldehydes is 1. The van der Waals surface area contributed by atoms with Crippen molar-refractivity contribution in [3.8, 4) is 0 Å². The van der Waals surface area contributed by atoms with Crippen LogP contribution in [0.2, 0.25) is 0 Å². The Hall–Kier alpha value is -1.19. The van der Waals surface area contributed by atoms with E-state index < -0.39 is 0 Å². The lowest BCUT2D eigenvalue weighted by molar-refractivity contribution is -0.118. The van der Waals surface area contributed by atoms with Crippen LogP contribution >= 0.6 is 0 Å². The Labute approximate surface area is 115 Å². The fourth-order valence-electron chi connectivity index (χ4n) is 2.64. The first-order chi connectivity index (χ1) is 9.35. The molecule has 0 aromatic heterocycles. The normalized spacial score (nSPS) is 18.1. The lowest BCUT2D eigenvalue weighted by Crippen LogP contribution is -2.37. The summed E-state index contributed by atoms with van der Waals surface area (Å²) in [4.78, 5) is 11.3. The van der Waals surface area contributed by atoms with Crippen molar-refractivity contribution >= 4 is 6.29 Å². The fraction of sp³-hybridized carbons (Fsp3) is 0.562. The number of carbonyl (C=O) groups excluding carboxylic acids is 1. The molecule has 1 aliphatic heterocycles. The topological polar surface area (TPSA) is 38.3 Å². The number of ether oxygens (including phenoxy) is 1. The van der Waals surface area contributed by atoms with Gasteiger partial charge < -0.3 is 14.8 Å². The zero-order valence-electron chi connectivity index (χ0n) is 11.4. The van der Waals surface area contributed by atoms with Gasteiger partial charge in [0.2, 0.25) is 0 Å². The molecule has 1 fully saturated rings. The van der Waals surface area contributed by atoms with Gasteiger partial charge >= 0.3 is 0 Å². The van der Waals surface area contributed by atoms with E-state index in [1.54, 1.807) is 0 Å². The maximum absolute atomic E-state index is 11.3. The Kier molecular flexibility index (Phi) is 5.55. The van der Waals surface area contributed by atoms with Gasteiger partial charge in [-0.3, -0.25) is 0 Å². The predicted molar refractivity (Wildman–Crippen MR) is 75.9 cm³/mol. The van der Waals surface area contributed by atoms with E-state index in [2.05, 4.69) is 17.4 Å². The summed E-state index contributed by atoms with van der Waals surface area (Å²) in [5.74, 6) is 0. The Morgan fingerprint density at radius 3 is 2.63 bits per heavy atom. The fourth-order valence-corrected chi connectivity index (χ4v) is 2.64. The summed E-state index contributed by atoms with van der Waals surface area (Å²) in [6.07, 6.45) is 5.02. The molecule has 2 rings (SSSR count). The van der Waals surface area contributed by atoms with Gasteiger partial charge in [-0.25, -0.2) is 0 Å². The van der Waals surface area contributed by atoms with Crippen LogP contribution < -0.4 is 5.32 Å². The lowest BCUT2D eigenvalue weighted by atomic mass is 9.77. The SMILES string of the molecule is O=CC1(CCCOCc2ccccc2)CCNCC1. The number of benzene rings is 1. The van der Waals surface area contributed by atoms with Gasteiger partial charge in [0.05, 0.1) is 6.61 Å². The smallest absolute Gasteiger partial charge is 0.126 e. The molecule has 0 spiro atoms. The minimum absolute atomic E-state index is 0.0959. The van der Waals surface area contributed by atoms with Crippen LogP contribution in [-0.2, 0) is 16.1 Å². The van der Waals surface area contributed by atoms with Crippen LogP contribution in [0.4, 0.5) is 0 Å². The van der Waals surface area contributed by atoms with Gasteiger partial charge in [-0.05, 0) is 44.3 Å². The van der Waals surface area contributed by atoms with Crippen LogP contribution in [0.5, 0.6) is 0 Å². The van der Waals surface area contributed by atoms with E-state index in [1.165, 1.54) is 11.8 Å². The second-order valence-corrected chi connectivity index (χ2v) is 5.37. The monoisotopic (exact) mass is 261 g/mol. The summed E-state index contributed by atoms with van der Waals surface area (Å²) in [6, 6.07) is 10.2. The molecule has 1 saturated heterocycles. The molecule has 1 aromatic rings. The molecule has 1 heterocycles. The Bertz CT molecular complexity index is 372. The van der Waals surface area contributed by atoms with E-state index >= 15 is 0 Å². The van der Waals surface area contributed by atoms with Crippen LogP contribution in [0.3, 0.4) is 0 Å². The molecular weight excluding hydrogens is 238 g/mol. The first kappa shape index (κ1) is 14.2. The van der Waals surface area contributed by atoms with Crippen LogP contribution in [0.1, 0.15) is 31.2 Å². The highest BCUT2D eigenvalue weighted by Crippen LogP contribution is 2.31. The van der Waals surface area contributed by atoms with Crippen molar-refractivity contribution in [2.45, 2.75) is 32.3 Å². The highest BCUT2D eigenvalue weighted by molar-refractivity contribution is 5.59. The van der Waals surface area contributed by atoms with Crippen LogP contribution in [0.15, 0.2) is 30.3 Å². The molecule has 0 radical (unpaired) electrons. The van der Waals surface area contributed by atoms with Crippen LogP contribution in [0, 0.1) is 5.41 Å². The van der Waals surface area contributed by atoms with E-state index in [9.17, 15) is 4.79 Å². The van der Waals surface area contributed by atoms with Gasteiger partial charge in [0.15, 0.2) is 0 Å². The molecule has 0 unspecified atom stereocenters. The van der Waals surface area contributed by atoms with Gasteiger partial charge in [-0.2, -0.15) is 0 Å². The number of carbonyl (C=O) groups is 1. The predicted octanol–water partition coefficient (Wildman–Crippen LogP) is 2.55. The summed E-state index contributed by atoms with van der Waals surface area (Å²) in [5, 5.41) is 3.31. The summed E-state index contributed by atoms with van der Waals surface area (Å²) >= 11 is 0. The Morgan fingerprint density at radius 2 is 1.95 bits per heavy atom. The van der Waals surface area contributed by atoms with E-state index in [4.69, 9.17) is 4.74 Å². The van der Waals surface area contributed by atoms with Gasteiger partial charge in [-0.1, -0.05) is 30.3 Å². The summed E-state index contributed by atoms with van der Waals surface area (Å²) in [5.41, 5.74) is 1.11. The number of rotatable bonds is 7. The van der Waals surface area contributed by atoms with Crippen molar-refractivity contribution in [3.63, 3.8) is 0 Å². The molecule has 19 heavy (non-hydrogen) atoms. The molecule has 1 N–H and O–H groups in total. The van der Waals surface area contributed by atoms with Crippen molar-refractivity contribution in [1.29, 1.82) is 0 Å². The van der Waals surface area contributed by atoms with Crippen LogP contribution in [-0.4, -0.2) is 26.0 Å². The maximum atomic E-state index is 11.3. The standard InChI is InChI=1S/C16H23NO2/c18-14-16(8-10-17-11-9-16)7-4-12-19-13-15-5-2-1-3-6-15/h1-3,5-6,14,17H,4,7-13H2. The lowest BCUT2D eigenvalue weighted by Gasteiger charge is -2.32. The van der Waals surface area contributed by atoms with Crippen molar-refractivity contribution in [2.24, 2.45) is 5.41 Å². The Morgan fingerprint density at radius 1 is 1.21 bits per heavy atom. The average molecular weight is 261 g/mol. The molecule has 0 saturated carbocycles. The summed E-state index contributed by atoms with van der Waals surface area (Å²) in [7, 11) is 0. The highest BCUT2D eigenvalue weighted by Gasteiger charge is 2.30. The van der Waals surface area contributed by atoms with Crippen molar-refractivity contribution in [3.05, 3.63) is 35.9 Å². The maximum Gasteiger partial charge on any atom is 0.126 e. The third-order valence-electron chi connectivity index (χ3n) is 3.92. The number of hydrogen-bond acceptors (Lipinski definition) is 3. The third-order valence-corrected chi connectivity index (χ3v) is 3.92. The number of hydrogen-bond donors (Lipinski definition) is 1. The largest absolute Gasteiger partial charge is 0.377 e. The highest BCUT2D eigenvalue weighted by atomic mass is 16.5. The van der Waals surface area contributed by atoms with E-state index in [0.717, 1.165) is 45.4 Å². The van der Waals surface area contributed by atoms with Gasteiger partial charge in [0.25, 0.3) is 0 Å². The van der Waals surface area contributed by atoms with E-state index in [1.807, 2.05) is 18.2 Å². The van der Waals surface area contributed by atoms with E-state index in [-0.39, 0.29) is 5.41 Å². The third kappa shape index (κ3) is 4.44. The minimum atomic E-state index is -0.0959. The number of piperidine rings is 1. The molecule has 3 nitrogen and oxygen atoms in total. The molecule has 1 aliphatic rings. The molecule has 0 aliphatic carbocycles. The van der Waals surface area contributed by atoms with E-state index in [0.29, 0.717) is 6.61 Å². The zero-order chi connectivity index (χ0) is 13.4. The quantitative estimate of drug-likeness (QED) is 0.605. The summed E-state index contributed by atoms with van der Waals surface area (Å²) < 4.78 is 5.67. The van der Waals surface area contributed by atoms with Crippen molar-refractivity contribution < 1.29 is 9.53 Å². The molecule has 3 heteroatoms. The molecule has 0 bridgehead atoms. The molecular formula is C16H23NO2. The van der Waals surface area contributed by atoms with Gasteiger partial charge in [-0.15, -0.1) is 0 Å². The second-order valence-electron chi connectivity index (χ2n) is 5.37. The van der Waals surface area contributed by atoms with Gasteiger partial charge in [0.1, 0.15) is 6.29 Å². The Balaban J connectivity index is 1.64. The van der Waals surface area contributed by atoms with Crippen molar-refractivity contribution in [1.82, 2.24) is 5.32 Å². The molecule has 104 valence electrons. The number of nitrogens with one attached hydrogen (secondary N) is 1. The summed E-state index contributed by atoms with van der Waals surface area (Å²) in [6.45, 7) is 3.32. The molecule has 0 amide bonds. The first-order valence-corrected chi connectivity index (χ1v) is 7.13. The molecule has 1 aromatic carbocycles.